The van der Waals surface area contributed by atoms with Crippen LogP contribution in [0.25, 0.3) is 11.1 Å². The second kappa shape index (κ2) is 9.76. The molecule has 7 nitrogen and oxygen atoms in total. The Hall–Kier alpha value is -3.83. The summed E-state index contributed by atoms with van der Waals surface area (Å²) in [6.45, 7) is 0.814. The molecule has 1 aliphatic rings. The Kier molecular flexibility index (Phi) is 6.61. The maximum atomic E-state index is 12.4. The number of sulfonamides is 1. The highest BCUT2D eigenvalue weighted by molar-refractivity contribution is 7.90. The van der Waals surface area contributed by atoms with Crippen molar-refractivity contribution in [3.05, 3.63) is 84.4 Å². The van der Waals surface area contributed by atoms with Crippen molar-refractivity contribution in [1.29, 1.82) is 5.26 Å². The number of carbonyl (C=O) groups excluding carboxylic acids is 1. The molecule has 1 heterocycles. The van der Waals surface area contributed by atoms with Crippen molar-refractivity contribution in [2.45, 2.75) is 23.8 Å². The van der Waals surface area contributed by atoms with Gasteiger partial charge in [-0.05, 0) is 47.5 Å². The van der Waals surface area contributed by atoms with Crippen LogP contribution in [0.2, 0.25) is 0 Å². The fraction of sp³-hybridized carbons (Fsp3) is 0.200. The lowest BCUT2D eigenvalue weighted by molar-refractivity contribution is 0.113. The summed E-state index contributed by atoms with van der Waals surface area (Å²) in [6, 6.07) is 24.4. The Morgan fingerprint density at radius 3 is 2.06 bits per heavy atom. The minimum Gasteiger partial charge on any atom is -0.490 e. The van der Waals surface area contributed by atoms with Crippen molar-refractivity contribution in [3.8, 4) is 22.9 Å². The van der Waals surface area contributed by atoms with Gasteiger partial charge in [-0.15, -0.1) is 0 Å². The van der Waals surface area contributed by atoms with Gasteiger partial charge in [0.25, 0.3) is 10.0 Å². The summed E-state index contributed by atoms with van der Waals surface area (Å²) in [6.07, 6.45) is 1.16. The molecule has 33 heavy (non-hydrogen) atoms. The van der Waals surface area contributed by atoms with E-state index >= 15 is 0 Å². The van der Waals surface area contributed by atoms with Gasteiger partial charge in [-0.1, -0.05) is 42.5 Å². The summed E-state index contributed by atoms with van der Waals surface area (Å²) < 4.78 is 32.9. The van der Waals surface area contributed by atoms with Gasteiger partial charge in [-0.25, -0.2) is 17.9 Å². The quantitative estimate of drug-likeness (QED) is 0.615. The fourth-order valence-electron chi connectivity index (χ4n) is 3.67. The smallest absolute Gasteiger partial charge is 0.331 e. The zero-order valence-corrected chi connectivity index (χ0v) is 18.7. The number of nitrogens with one attached hydrogen (secondary N) is 1. The van der Waals surface area contributed by atoms with E-state index < -0.39 is 16.1 Å². The topological polar surface area (TPSA) is 99.5 Å². The first-order valence-corrected chi connectivity index (χ1v) is 12.1. The van der Waals surface area contributed by atoms with E-state index in [1.54, 1.807) is 30.3 Å². The minimum atomic E-state index is -3.89. The lowest BCUT2D eigenvalue weighted by Crippen LogP contribution is -2.48. The van der Waals surface area contributed by atoms with Gasteiger partial charge >= 0.3 is 6.03 Å². The molecule has 168 valence electrons. The third-order valence-corrected chi connectivity index (χ3v) is 6.84. The third-order valence-electron chi connectivity index (χ3n) is 5.51. The number of hydrogen-bond acceptors (Lipinski definition) is 5. The summed E-state index contributed by atoms with van der Waals surface area (Å²) in [5, 5.41) is 8.92. The van der Waals surface area contributed by atoms with Crippen LogP contribution >= 0.6 is 0 Å². The summed E-state index contributed by atoms with van der Waals surface area (Å²) in [4.78, 5) is 14.0. The van der Waals surface area contributed by atoms with Crippen molar-refractivity contribution in [2.24, 2.45) is 0 Å². The maximum Gasteiger partial charge on any atom is 0.331 e. The predicted molar refractivity (Wildman–Crippen MR) is 124 cm³/mol. The number of likely N-dealkylation sites (tertiary alicyclic amines) is 1. The largest absolute Gasteiger partial charge is 0.490 e. The molecule has 0 unspecified atom stereocenters. The molecule has 0 bridgehead atoms. The molecule has 0 saturated carbocycles. The van der Waals surface area contributed by atoms with Gasteiger partial charge in [0.15, 0.2) is 0 Å². The van der Waals surface area contributed by atoms with Crippen molar-refractivity contribution in [1.82, 2.24) is 9.62 Å². The zero-order chi connectivity index (χ0) is 23.3. The van der Waals surface area contributed by atoms with Crippen LogP contribution in [0.15, 0.2) is 83.8 Å². The predicted octanol–water partition coefficient (Wildman–Crippen LogP) is 4.17. The number of hydrogen-bond donors (Lipinski definition) is 1. The van der Waals surface area contributed by atoms with E-state index in [2.05, 4.69) is 10.8 Å². The van der Waals surface area contributed by atoms with Crippen molar-refractivity contribution >= 4 is 16.1 Å². The second-order valence-corrected chi connectivity index (χ2v) is 9.42. The van der Waals surface area contributed by atoms with Crippen LogP contribution in [0.1, 0.15) is 18.4 Å². The molecule has 2 amide bonds. The standard InChI is InChI=1S/C25H23N3O4S/c26-18-19-6-8-20(9-7-19)21-10-12-22(13-11-21)32-23-14-16-28(17-15-23)25(29)27-33(30,31)24-4-2-1-3-5-24/h1-13,23H,14-17H2,(H,27,29). The molecular formula is C25H23N3O4S. The number of amides is 2. The number of rotatable bonds is 5. The molecule has 0 atom stereocenters. The number of piperidine rings is 1. The molecular weight excluding hydrogens is 438 g/mol. The van der Waals surface area contributed by atoms with Gasteiger partial charge in [0.1, 0.15) is 11.9 Å². The molecule has 1 aliphatic heterocycles. The molecule has 0 aliphatic carbocycles. The van der Waals surface area contributed by atoms with Gasteiger partial charge in [0.05, 0.1) is 16.5 Å². The highest BCUT2D eigenvalue weighted by atomic mass is 32.2. The SMILES string of the molecule is N#Cc1ccc(-c2ccc(OC3CCN(C(=O)NS(=O)(=O)c4ccccc4)CC3)cc2)cc1. The molecule has 3 aromatic carbocycles. The normalized spacial score (nSPS) is 14.3. The van der Waals surface area contributed by atoms with Crippen LogP contribution in [0.5, 0.6) is 5.75 Å². The number of ether oxygens (including phenoxy) is 1. The Balaban J connectivity index is 1.29. The third kappa shape index (κ3) is 5.51. The van der Waals surface area contributed by atoms with E-state index in [-0.39, 0.29) is 11.0 Å². The molecule has 4 rings (SSSR count). The molecule has 3 aromatic rings. The Labute approximate surface area is 193 Å². The molecule has 0 radical (unpaired) electrons. The molecule has 8 heteroatoms. The number of carbonyl (C=O) groups is 1. The monoisotopic (exact) mass is 461 g/mol. The van der Waals surface area contributed by atoms with Crippen LogP contribution in [-0.2, 0) is 10.0 Å². The highest BCUT2D eigenvalue weighted by Gasteiger charge is 2.27. The first-order valence-electron chi connectivity index (χ1n) is 10.6. The fourth-order valence-corrected chi connectivity index (χ4v) is 4.66. The van der Waals surface area contributed by atoms with Crippen LogP contribution < -0.4 is 9.46 Å². The molecule has 1 N–H and O–H groups in total. The number of nitriles is 1. The van der Waals surface area contributed by atoms with Crippen molar-refractivity contribution < 1.29 is 17.9 Å². The van der Waals surface area contributed by atoms with E-state index in [1.165, 1.54) is 17.0 Å². The Bertz CT molecular complexity index is 1240. The molecule has 0 aromatic heterocycles. The number of urea groups is 1. The molecule has 1 fully saturated rings. The molecule has 1 saturated heterocycles. The van der Waals surface area contributed by atoms with Crippen LogP contribution in [0.4, 0.5) is 4.79 Å². The average molecular weight is 462 g/mol. The van der Waals surface area contributed by atoms with E-state index in [1.807, 2.05) is 36.4 Å². The highest BCUT2D eigenvalue weighted by Crippen LogP contribution is 2.25. The lowest BCUT2D eigenvalue weighted by Gasteiger charge is -2.32. The molecule has 0 spiro atoms. The van der Waals surface area contributed by atoms with Gasteiger partial charge < -0.3 is 9.64 Å². The summed E-state index contributed by atoms with van der Waals surface area (Å²) >= 11 is 0. The van der Waals surface area contributed by atoms with Crippen LogP contribution in [-0.4, -0.2) is 38.5 Å². The Morgan fingerprint density at radius 1 is 0.909 bits per heavy atom. The summed E-state index contributed by atoms with van der Waals surface area (Å²) in [5.41, 5.74) is 2.67. The van der Waals surface area contributed by atoms with E-state index in [0.29, 0.717) is 31.5 Å². The maximum absolute atomic E-state index is 12.4. The summed E-state index contributed by atoms with van der Waals surface area (Å²) in [7, 11) is -3.89. The van der Waals surface area contributed by atoms with Crippen molar-refractivity contribution in [3.63, 3.8) is 0 Å². The van der Waals surface area contributed by atoms with Gasteiger partial charge in [0, 0.05) is 25.9 Å². The van der Waals surface area contributed by atoms with E-state index in [0.717, 1.165) is 16.9 Å². The summed E-state index contributed by atoms with van der Waals surface area (Å²) in [5.74, 6) is 0.738. The first-order chi connectivity index (χ1) is 15.9. The van der Waals surface area contributed by atoms with Gasteiger partial charge in [-0.3, -0.25) is 0 Å². The average Bonchev–Trinajstić information content (AvgIpc) is 2.85. The second-order valence-electron chi connectivity index (χ2n) is 7.74. The lowest BCUT2D eigenvalue weighted by atomic mass is 10.0. The first kappa shape index (κ1) is 22.4. The minimum absolute atomic E-state index is 0.0551. The van der Waals surface area contributed by atoms with Gasteiger partial charge in [-0.2, -0.15) is 5.26 Å². The zero-order valence-electron chi connectivity index (χ0n) is 17.8. The number of benzene rings is 3. The van der Waals surface area contributed by atoms with Crippen LogP contribution in [0.3, 0.4) is 0 Å². The van der Waals surface area contributed by atoms with Crippen LogP contribution in [0, 0.1) is 11.3 Å². The van der Waals surface area contributed by atoms with E-state index in [4.69, 9.17) is 10.00 Å². The Morgan fingerprint density at radius 2 is 1.48 bits per heavy atom. The van der Waals surface area contributed by atoms with E-state index in [9.17, 15) is 13.2 Å². The van der Waals surface area contributed by atoms with Gasteiger partial charge in [0.2, 0.25) is 0 Å². The number of nitrogens with zero attached hydrogens (tertiary/aromatic N) is 2. The van der Waals surface area contributed by atoms with Crippen molar-refractivity contribution in [2.75, 3.05) is 13.1 Å².